The normalized spacial score (nSPS) is 16.3. The Bertz CT molecular complexity index is 467. The van der Waals surface area contributed by atoms with Gasteiger partial charge in [0.05, 0.1) is 24.9 Å². The maximum absolute atomic E-state index is 12.2. The minimum absolute atomic E-state index is 0.00977. The van der Waals surface area contributed by atoms with E-state index in [0.717, 1.165) is 25.7 Å². The number of ketones is 1. The Kier molecular flexibility index (Phi) is 7.15. The molecule has 0 amide bonds. The van der Waals surface area contributed by atoms with Crippen LogP contribution in [-0.2, 0) is 23.8 Å². The quantitative estimate of drug-likeness (QED) is 0.483. The predicted molar refractivity (Wildman–Crippen MR) is 83.0 cm³/mol. The molecule has 5 heteroatoms. The van der Waals surface area contributed by atoms with E-state index in [2.05, 4.69) is 4.74 Å². The molecule has 1 aliphatic carbocycles. The van der Waals surface area contributed by atoms with Crippen LogP contribution in [0.2, 0.25) is 0 Å². The van der Waals surface area contributed by atoms with Gasteiger partial charge in [-0.2, -0.15) is 0 Å². The van der Waals surface area contributed by atoms with Crippen LogP contribution in [0.5, 0.6) is 0 Å². The summed E-state index contributed by atoms with van der Waals surface area (Å²) in [7, 11) is 1.27. The third kappa shape index (κ3) is 4.12. The van der Waals surface area contributed by atoms with Crippen LogP contribution >= 0.6 is 0 Å². The van der Waals surface area contributed by atoms with Crippen molar-refractivity contribution < 1.29 is 23.8 Å². The summed E-state index contributed by atoms with van der Waals surface area (Å²) in [6, 6.07) is 0. The number of rotatable bonds is 9. The van der Waals surface area contributed by atoms with Gasteiger partial charge in [0.15, 0.2) is 5.76 Å². The second-order valence-electron chi connectivity index (χ2n) is 5.18. The van der Waals surface area contributed by atoms with Gasteiger partial charge >= 0.3 is 5.97 Å². The topological polar surface area (TPSA) is 61.8 Å². The van der Waals surface area contributed by atoms with Crippen LogP contribution in [0.3, 0.4) is 0 Å². The highest BCUT2D eigenvalue weighted by atomic mass is 16.5. The zero-order valence-electron chi connectivity index (χ0n) is 14.1. The Morgan fingerprint density at radius 2 is 1.41 bits per heavy atom. The lowest BCUT2D eigenvalue weighted by Gasteiger charge is -2.30. The van der Waals surface area contributed by atoms with Crippen molar-refractivity contribution in [3.63, 3.8) is 0 Å². The number of hydrogen-bond acceptors (Lipinski definition) is 5. The highest BCUT2D eigenvalue weighted by Crippen LogP contribution is 2.35. The second-order valence-corrected chi connectivity index (χ2v) is 5.18. The van der Waals surface area contributed by atoms with Gasteiger partial charge < -0.3 is 14.2 Å². The van der Waals surface area contributed by atoms with Gasteiger partial charge in [-0.05, 0) is 25.7 Å². The molecule has 0 aromatic heterocycles. The van der Waals surface area contributed by atoms with E-state index >= 15 is 0 Å². The van der Waals surface area contributed by atoms with Crippen LogP contribution in [-0.4, -0.2) is 31.1 Å². The minimum atomic E-state index is -0.574. The minimum Gasteiger partial charge on any atom is -0.486 e. The summed E-state index contributed by atoms with van der Waals surface area (Å²) < 4.78 is 16.2. The van der Waals surface area contributed by atoms with Gasteiger partial charge in [-0.15, -0.1) is 0 Å². The molecule has 0 bridgehead atoms. The third-order valence-corrected chi connectivity index (χ3v) is 3.76. The standard InChI is InChI=1S/C17H26O5/c1-6-11(7-2)21-16-13(10-14(18)20-5)15(19)17(16)22-12(8-3)9-4/h10-12H,6-9H2,1-5H3/b13-10-. The largest absolute Gasteiger partial charge is 0.486 e. The molecule has 0 atom stereocenters. The van der Waals surface area contributed by atoms with Gasteiger partial charge in [-0.3, -0.25) is 4.79 Å². The molecular weight excluding hydrogens is 284 g/mol. The summed E-state index contributed by atoms with van der Waals surface area (Å²) in [6.07, 6.45) is 4.38. The van der Waals surface area contributed by atoms with E-state index in [1.807, 2.05) is 27.7 Å². The fraction of sp³-hybridized carbons (Fsp3) is 0.647. The van der Waals surface area contributed by atoms with Gasteiger partial charge in [0.1, 0.15) is 0 Å². The summed E-state index contributed by atoms with van der Waals surface area (Å²) in [5.74, 6) is -0.249. The molecule has 22 heavy (non-hydrogen) atoms. The first-order chi connectivity index (χ1) is 10.5. The first-order valence-electron chi connectivity index (χ1n) is 7.94. The lowest BCUT2D eigenvalue weighted by molar-refractivity contribution is -0.135. The van der Waals surface area contributed by atoms with Crippen molar-refractivity contribution in [2.45, 2.75) is 65.6 Å². The van der Waals surface area contributed by atoms with Gasteiger partial charge in [0.2, 0.25) is 11.5 Å². The molecule has 0 saturated carbocycles. The van der Waals surface area contributed by atoms with Gasteiger partial charge in [0.25, 0.3) is 0 Å². The predicted octanol–water partition coefficient (Wildman–Crippen LogP) is 3.29. The molecule has 1 rings (SSSR count). The van der Waals surface area contributed by atoms with Gasteiger partial charge in [-0.25, -0.2) is 4.79 Å². The van der Waals surface area contributed by atoms with E-state index < -0.39 is 5.97 Å². The number of Topliss-reactive ketones (excluding diaryl/α,β-unsaturated/α-hetero) is 1. The van der Waals surface area contributed by atoms with Gasteiger partial charge in [-0.1, -0.05) is 27.7 Å². The molecule has 0 saturated heterocycles. The van der Waals surface area contributed by atoms with Crippen molar-refractivity contribution in [3.05, 3.63) is 23.2 Å². The Morgan fingerprint density at radius 3 is 1.82 bits per heavy atom. The first-order valence-corrected chi connectivity index (χ1v) is 7.94. The summed E-state index contributed by atoms with van der Waals surface area (Å²) in [4.78, 5) is 23.6. The summed E-state index contributed by atoms with van der Waals surface area (Å²) in [5.41, 5.74) is 0.236. The molecule has 5 nitrogen and oxygen atoms in total. The highest BCUT2D eigenvalue weighted by molar-refractivity contribution is 6.19. The van der Waals surface area contributed by atoms with Crippen LogP contribution in [0.25, 0.3) is 0 Å². The van der Waals surface area contributed by atoms with Gasteiger partial charge in [0, 0.05) is 6.08 Å². The summed E-state index contributed by atoms with van der Waals surface area (Å²) >= 11 is 0. The van der Waals surface area contributed by atoms with Crippen LogP contribution < -0.4 is 0 Å². The SMILES string of the molecule is CCC(CC)OC1=C(OC(CC)CC)/C(=C\C(=O)OC)C1=O. The Morgan fingerprint density at radius 1 is 0.955 bits per heavy atom. The van der Waals surface area contributed by atoms with E-state index in [1.165, 1.54) is 13.2 Å². The molecule has 0 aromatic rings. The Hall–Kier alpha value is -1.78. The molecule has 0 N–H and O–H groups in total. The zero-order valence-corrected chi connectivity index (χ0v) is 14.1. The van der Waals surface area contributed by atoms with Crippen LogP contribution in [0.4, 0.5) is 0 Å². The maximum Gasteiger partial charge on any atom is 0.331 e. The molecule has 1 aliphatic rings. The first kappa shape index (κ1) is 18.3. The zero-order chi connectivity index (χ0) is 16.7. The number of methoxy groups -OCH3 is 1. The van der Waals surface area contributed by atoms with E-state index in [1.54, 1.807) is 0 Å². The van der Waals surface area contributed by atoms with E-state index in [-0.39, 0.29) is 29.3 Å². The Balaban J connectivity index is 3.07. The fourth-order valence-corrected chi connectivity index (χ4v) is 2.16. The second kappa shape index (κ2) is 8.61. The Labute approximate surface area is 132 Å². The average molecular weight is 310 g/mol. The van der Waals surface area contributed by atoms with Crippen molar-refractivity contribution in [1.82, 2.24) is 0 Å². The number of ether oxygens (including phenoxy) is 3. The van der Waals surface area contributed by atoms with E-state index in [0.29, 0.717) is 5.76 Å². The lowest BCUT2D eigenvalue weighted by Crippen LogP contribution is -2.31. The molecule has 124 valence electrons. The number of allylic oxidation sites excluding steroid dienone is 2. The van der Waals surface area contributed by atoms with Crippen molar-refractivity contribution in [3.8, 4) is 0 Å². The van der Waals surface area contributed by atoms with Crippen LogP contribution in [0.15, 0.2) is 23.2 Å². The number of hydrogen-bond donors (Lipinski definition) is 0. The van der Waals surface area contributed by atoms with Crippen molar-refractivity contribution >= 4 is 11.8 Å². The van der Waals surface area contributed by atoms with Crippen molar-refractivity contribution in [2.75, 3.05) is 7.11 Å². The molecular formula is C17H26O5. The lowest BCUT2D eigenvalue weighted by atomic mass is 9.94. The highest BCUT2D eigenvalue weighted by Gasteiger charge is 2.40. The van der Waals surface area contributed by atoms with Crippen LogP contribution in [0.1, 0.15) is 53.4 Å². The fourth-order valence-electron chi connectivity index (χ4n) is 2.16. The number of carbonyl (C=O) groups excluding carboxylic acids is 2. The number of carbonyl (C=O) groups is 2. The number of esters is 1. The van der Waals surface area contributed by atoms with Crippen molar-refractivity contribution in [1.29, 1.82) is 0 Å². The molecule has 0 spiro atoms. The monoisotopic (exact) mass is 310 g/mol. The summed E-state index contributed by atoms with van der Waals surface area (Å²) in [6.45, 7) is 8.04. The maximum atomic E-state index is 12.2. The molecule has 0 fully saturated rings. The van der Waals surface area contributed by atoms with E-state index in [9.17, 15) is 9.59 Å². The average Bonchev–Trinajstić information content (AvgIpc) is 2.55. The smallest absolute Gasteiger partial charge is 0.331 e. The van der Waals surface area contributed by atoms with Crippen molar-refractivity contribution in [2.24, 2.45) is 0 Å². The third-order valence-electron chi connectivity index (χ3n) is 3.76. The molecule has 0 aromatic carbocycles. The molecule has 0 aliphatic heterocycles. The summed E-state index contributed by atoms with van der Waals surface area (Å²) in [5, 5.41) is 0. The molecule has 0 radical (unpaired) electrons. The molecule has 0 unspecified atom stereocenters. The molecule has 0 heterocycles. The van der Waals surface area contributed by atoms with E-state index in [4.69, 9.17) is 9.47 Å². The van der Waals surface area contributed by atoms with Crippen LogP contribution in [0, 0.1) is 0 Å².